The van der Waals surface area contributed by atoms with Crippen LogP contribution in [0, 0.1) is 13.8 Å². The van der Waals surface area contributed by atoms with Crippen LogP contribution in [0.4, 0.5) is 11.6 Å². The minimum absolute atomic E-state index is 0.522. The van der Waals surface area contributed by atoms with E-state index in [1.54, 1.807) is 0 Å². The summed E-state index contributed by atoms with van der Waals surface area (Å²) in [4.78, 5) is 8.20. The van der Waals surface area contributed by atoms with E-state index in [9.17, 15) is 0 Å². The Hall–Kier alpha value is -2.11. The van der Waals surface area contributed by atoms with Crippen molar-refractivity contribution in [2.24, 2.45) is 0 Å². The number of hydrogen-bond acceptors (Lipinski definition) is 6. The molecular formula is C12H17N5O. The molecule has 0 fully saturated rings. The molecule has 3 N–H and O–H groups in total. The number of aryl methyl sites for hydroxylation is 2. The Morgan fingerprint density at radius 1 is 1.28 bits per heavy atom. The maximum Gasteiger partial charge on any atom is 0.138 e. The first kappa shape index (κ1) is 12.3. The third kappa shape index (κ3) is 2.27. The molecular weight excluding hydrogens is 230 g/mol. The molecule has 96 valence electrons. The lowest BCUT2D eigenvalue weighted by molar-refractivity contribution is 0.392. The Morgan fingerprint density at radius 3 is 2.67 bits per heavy atom. The van der Waals surface area contributed by atoms with Crippen LogP contribution >= 0.6 is 0 Å². The van der Waals surface area contributed by atoms with Crippen LogP contribution in [-0.2, 0) is 13.0 Å². The Bertz CT molecular complexity index is 530. The monoisotopic (exact) mass is 247 g/mol. The number of aromatic nitrogens is 3. The second-order valence-electron chi connectivity index (χ2n) is 4.10. The summed E-state index contributed by atoms with van der Waals surface area (Å²) in [5, 5.41) is 7.17. The van der Waals surface area contributed by atoms with Gasteiger partial charge in [0.25, 0.3) is 0 Å². The predicted octanol–water partition coefficient (Wildman–Crippen LogP) is 1.84. The van der Waals surface area contributed by atoms with E-state index in [4.69, 9.17) is 10.3 Å². The maximum absolute atomic E-state index is 5.82. The fourth-order valence-corrected chi connectivity index (χ4v) is 1.85. The highest BCUT2D eigenvalue weighted by Crippen LogP contribution is 2.20. The highest BCUT2D eigenvalue weighted by atomic mass is 16.5. The van der Waals surface area contributed by atoms with E-state index in [2.05, 4.69) is 20.4 Å². The van der Waals surface area contributed by atoms with Gasteiger partial charge >= 0.3 is 0 Å². The van der Waals surface area contributed by atoms with Crippen LogP contribution in [0.25, 0.3) is 0 Å². The number of nitrogens with one attached hydrogen (secondary N) is 1. The van der Waals surface area contributed by atoms with E-state index in [0.717, 1.165) is 34.8 Å². The highest BCUT2D eigenvalue weighted by Gasteiger charge is 2.11. The minimum Gasteiger partial charge on any atom is -0.383 e. The smallest absolute Gasteiger partial charge is 0.138 e. The molecule has 0 amide bonds. The predicted molar refractivity (Wildman–Crippen MR) is 69.1 cm³/mol. The van der Waals surface area contributed by atoms with E-state index in [1.807, 2.05) is 20.8 Å². The van der Waals surface area contributed by atoms with Gasteiger partial charge in [-0.1, -0.05) is 12.1 Å². The van der Waals surface area contributed by atoms with Crippen LogP contribution in [-0.4, -0.2) is 15.1 Å². The first-order valence-electron chi connectivity index (χ1n) is 5.88. The quantitative estimate of drug-likeness (QED) is 0.856. The molecule has 0 radical (unpaired) electrons. The number of hydrogen-bond donors (Lipinski definition) is 2. The Kier molecular flexibility index (Phi) is 3.45. The average Bonchev–Trinajstić information content (AvgIpc) is 2.67. The van der Waals surface area contributed by atoms with Gasteiger partial charge in [0.2, 0.25) is 0 Å². The number of anilines is 2. The topological polar surface area (TPSA) is 89.9 Å². The van der Waals surface area contributed by atoms with Gasteiger partial charge in [-0.05, 0) is 20.3 Å². The van der Waals surface area contributed by atoms with Crippen LogP contribution < -0.4 is 11.1 Å². The number of rotatable bonds is 4. The number of nitrogens with two attached hydrogens (primary N) is 1. The zero-order chi connectivity index (χ0) is 13.1. The van der Waals surface area contributed by atoms with Crippen molar-refractivity contribution in [1.29, 1.82) is 0 Å². The van der Waals surface area contributed by atoms with Crippen LogP contribution in [0.2, 0.25) is 0 Å². The first-order chi connectivity index (χ1) is 8.63. The van der Waals surface area contributed by atoms with Crippen LogP contribution in [0.5, 0.6) is 0 Å². The molecule has 0 aliphatic carbocycles. The summed E-state index contributed by atoms with van der Waals surface area (Å²) < 4.78 is 5.12. The fraction of sp³-hybridized carbons (Fsp3) is 0.417. The second kappa shape index (κ2) is 5.03. The van der Waals surface area contributed by atoms with Crippen molar-refractivity contribution < 1.29 is 4.52 Å². The number of nitrogen functional groups attached to an aromatic ring is 1. The fourth-order valence-electron chi connectivity index (χ4n) is 1.85. The second-order valence-corrected chi connectivity index (χ2v) is 4.10. The lowest BCUT2D eigenvalue weighted by atomic mass is 10.2. The standard InChI is InChI=1S/C12H17N5O/c1-4-9-11(13)15-6-16-12(9)14-5-10-7(2)17-18-8(10)3/h6H,4-5H2,1-3H3,(H3,13,14,15,16). The molecule has 0 aliphatic heterocycles. The van der Waals surface area contributed by atoms with Crippen molar-refractivity contribution >= 4 is 11.6 Å². The molecule has 0 aromatic carbocycles. The summed E-state index contributed by atoms with van der Waals surface area (Å²) in [6, 6.07) is 0. The van der Waals surface area contributed by atoms with Gasteiger partial charge in [-0.3, -0.25) is 0 Å². The maximum atomic E-state index is 5.82. The molecule has 0 unspecified atom stereocenters. The molecule has 0 bridgehead atoms. The molecule has 0 atom stereocenters. The molecule has 2 rings (SSSR count). The first-order valence-corrected chi connectivity index (χ1v) is 5.88. The van der Waals surface area contributed by atoms with Crippen LogP contribution in [0.3, 0.4) is 0 Å². The summed E-state index contributed by atoms with van der Waals surface area (Å²) in [6.45, 7) is 6.45. The molecule has 2 aromatic heterocycles. The van der Waals surface area contributed by atoms with Crippen molar-refractivity contribution in [3.8, 4) is 0 Å². The van der Waals surface area contributed by atoms with Crippen molar-refractivity contribution in [3.05, 3.63) is 28.9 Å². The number of nitrogens with zero attached hydrogens (tertiary/aromatic N) is 3. The van der Waals surface area contributed by atoms with Crippen LogP contribution in [0.15, 0.2) is 10.9 Å². The molecule has 0 aliphatic rings. The summed E-state index contributed by atoms with van der Waals surface area (Å²) >= 11 is 0. The van der Waals surface area contributed by atoms with Gasteiger partial charge in [0.05, 0.1) is 5.69 Å². The minimum atomic E-state index is 0.522. The Morgan fingerprint density at radius 2 is 2.06 bits per heavy atom. The Balaban J connectivity index is 2.18. The zero-order valence-electron chi connectivity index (χ0n) is 10.8. The van der Waals surface area contributed by atoms with E-state index < -0.39 is 0 Å². The zero-order valence-corrected chi connectivity index (χ0v) is 10.8. The molecule has 18 heavy (non-hydrogen) atoms. The third-order valence-corrected chi connectivity index (χ3v) is 2.95. The average molecular weight is 247 g/mol. The summed E-state index contributed by atoms with van der Waals surface area (Å²) in [6.07, 6.45) is 2.25. The van der Waals surface area contributed by atoms with E-state index in [-0.39, 0.29) is 0 Å². The normalized spacial score (nSPS) is 10.6. The molecule has 2 heterocycles. The lowest BCUT2D eigenvalue weighted by Crippen LogP contribution is -2.08. The summed E-state index contributed by atoms with van der Waals surface area (Å²) in [5.74, 6) is 2.11. The van der Waals surface area contributed by atoms with Crippen molar-refractivity contribution in [2.75, 3.05) is 11.1 Å². The van der Waals surface area contributed by atoms with Gasteiger partial charge in [-0.15, -0.1) is 0 Å². The summed E-state index contributed by atoms with van der Waals surface area (Å²) in [7, 11) is 0. The van der Waals surface area contributed by atoms with Gasteiger partial charge in [0.1, 0.15) is 23.7 Å². The van der Waals surface area contributed by atoms with E-state index in [0.29, 0.717) is 12.4 Å². The molecule has 0 saturated carbocycles. The van der Waals surface area contributed by atoms with E-state index in [1.165, 1.54) is 6.33 Å². The molecule has 2 aromatic rings. The van der Waals surface area contributed by atoms with E-state index >= 15 is 0 Å². The van der Waals surface area contributed by atoms with Gasteiger partial charge in [-0.25, -0.2) is 9.97 Å². The lowest BCUT2D eigenvalue weighted by Gasteiger charge is -2.10. The van der Waals surface area contributed by atoms with Gasteiger partial charge in [-0.2, -0.15) is 0 Å². The molecule has 0 spiro atoms. The largest absolute Gasteiger partial charge is 0.383 e. The molecule has 0 saturated heterocycles. The van der Waals surface area contributed by atoms with Crippen molar-refractivity contribution in [3.63, 3.8) is 0 Å². The highest BCUT2D eigenvalue weighted by molar-refractivity contribution is 5.55. The Labute approximate surface area is 106 Å². The molecule has 6 heteroatoms. The van der Waals surface area contributed by atoms with Crippen LogP contribution in [0.1, 0.15) is 29.5 Å². The SMILES string of the molecule is CCc1c(N)ncnc1NCc1c(C)noc1C. The summed E-state index contributed by atoms with van der Waals surface area (Å²) in [5.41, 5.74) is 8.69. The van der Waals surface area contributed by atoms with Gasteiger partial charge in [0, 0.05) is 17.7 Å². The van der Waals surface area contributed by atoms with Crippen molar-refractivity contribution in [1.82, 2.24) is 15.1 Å². The third-order valence-electron chi connectivity index (χ3n) is 2.95. The van der Waals surface area contributed by atoms with Gasteiger partial charge < -0.3 is 15.6 Å². The van der Waals surface area contributed by atoms with Gasteiger partial charge in [0.15, 0.2) is 0 Å². The van der Waals surface area contributed by atoms with Crippen molar-refractivity contribution in [2.45, 2.75) is 33.7 Å². The molecule has 6 nitrogen and oxygen atoms in total.